The number of ether oxygens (including phenoxy) is 4. The van der Waals surface area contributed by atoms with Gasteiger partial charge in [0, 0.05) is 23.4 Å². The fourth-order valence-corrected chi connectivity index (χ4v) is 3.90. The van der Waals surface area contributed by atoms with E-state index in [0.717, 1.165) is 23.9 Å². The lowest BCUT2D eigenvalue weighted by Gasteiger charge is -2.23. The van der Waals surface area contributed by atoms with Gasteiger partial charge in [-0.15, -0.1) is 0 Å². The number of fused-ring (bicyclic) bond motifs is 1. The number of rotatable bonds is 7. The molecule has 1 saturated carbocycles. The number of hydrogen-bond donors (Lipinski definition) is 1. The van der Waals surface area contributed by atoms with Gasteiger partial charge in [0.25, 0.3) is 5.91 Å². The van der Waals surface area contributed by atoms with Gasteiger partial charge in [-0.2, -0.15) is 13.9 Å². The maximum atomic E-state index is 13.2. The average Bonchev–Trinajstić information content (AvgIpc) is 3.53. The molecule has 3 aromatic rings. The zero-order valence-electron chi connectivity index (χ0n) is 17.9. The third-order valence-corrected chi connectivity index (χ3v) is 5.68. The lowest BCUT2D eigenvalue weighted by molar-refractivity contribution is -0.0903. The summed E-state index contributed by atoms with van der Waals surface area (Å²) < 4.78 is 49.4. The fourth-order valence-electron chi connectivity index (χ4n) is 3.90. The van der Waals surface area contributed by atoms with Crippen molar-refractivity contribution in [2.24, 2.45) is 0 Å². The van der Waals surface area contributed by atoms with Crippen LogP contribution in [0.25, 0.3) is 16.6 Å². The molecule has 174 valence electrons. The topological polar surface area (TPSA) is 83.3 Å². The molecule has 0 spiro atoms. The summed E-state index contributed by atoms with van der Waals surface area (Å²) in [6.45, 7) is -1.53. The number of carbonyl (C=O) groups is 1. The summed E-state index contributed by atoms with van der Waals surface area (Å²) >= 11 is 0. The minimum Gasteiger partial charge on any atom is -0.496 e. The molecule has 0 radical (unpaired) electrons. The smallest absolute Gasteiger partial charge is 0.387 e. The Hall–Kier alpha value is -3.24. The number of alkyl halides is 2. The molecule has 2 aromatic heterocycles. The van der Waals surface area contributed by atoms with Gasteiger partial charge in [0.15, 0.2) is 0 Å². The lowest BCUT2D eigenvalue weighted by atomic mass is 10.0. The van der Waals surface area contributed by atoms with E-state index in [9.17, 15) is 13.6 Å². The number of amides is 1. The summed E-state index contributed by atoms with van der Waals surface area (Å²) in [5, 5.41) is 7.21. The first-order valence-electron chi connectivity index (χ1n) is 10.7. The molecule has 5 rings (SSSR count). The van der Waals surface area contributed by atoms with E-state index in [-0.39, 0.29) is 29.2 Å². The van der Waals surface area contributed by atoms with Gasteiger partial charge < -0.3 is 24.3 Å². The van der Waals surface area contributed by atoms with Crippen molar-refractivity contribution in [3.05, 3.63) is 47.8 Å². The highest BCUT2D eigenvalue weighted by Crippen LogP contribution is 2.38. The summed E-state index contributed by atoms with van der Waals surface area (Å²) in [7, 11) is 1.38. The quantitative estimate of drug-likeness (QED) is 0.582. The zero-order valence-corrected chi connectivity index (χ0v) is 17.9. The highest BCUT2D eigenvalue weighted by Gasteiger charge is 2.29. The first-order chi connectivity index (χ1) is 16.0. The van der Waals surface area contributed by atoms with Crippen molar-refractivity contribution in [3.63, 3.8) is 0 Å². The molecule has 1 aromatic carbocycles. The van der Waals surface area contributed by atoms with Gasteiger partial charge >= 0.3 is 6.61 Å². The molecular weight excluding hydrogens is 436 g/mol. The van der Waals surface area contributed by atoms with E-state index in [0.29, 0.717) is 30.9 Å². The molecule has 1 unspecified atom stereocenters. The number of benzene rings is 1. The monoisotopic (exact) mass is 459 g/mol. The van der Waals surface area contributed by atoms with Crippen LogP contribution in [0.15, 0.2) is 36.7 Å². The minimum absolute atomic E-state index is 0.0497. The number of carbonyl (C=O) groups excluding carboxylic acids is 1. The van der Waals surface area contributed by atoms with Gasteiger partial charge in [-0.25, -0.2) is 4.52 Å². The molecule has 1 N–H and O–H groups in total. The van der Waals surface area contributed by atoms with Crippen LogP contribution in [0, 0.1) is 0 Å². The zero-order chi connectivity index (χ0) is 22.9. The molecule has 1 atom stereocenters. The molecule has 3 heterocycles. The molecule has 8 nitrogen and oxygen atoms in total. The summed E-state index contributed by atoms with van der Waals surface area (Å²) in [6.07, 6.45) is 5.02. The van der Waals surface area contributed by atoms with E-state index in [1.165, 1.54) is 13.2 Å². The van der Waals surface area contributed by atoms with E-state index in [4.69, 9.17) is 18.9 Å². The van der Waals surface area contributed by atoms with Gasteiger partial charge in [0.2, 0.25) is 0 Å². The van der Waals surface area contributed by atoms with Gasteiger partial charge in [0.05, 0.1) is 38.6 Å². The standard InChI is InChI=1S/C23H23F2N3O5/c1-30-18-8-14(9-19(33-23(24)25)21(18)22(29)27-15-3-4-15)16-10-26-28-11-13(2-5-17(16)28)20-12-31-6-7-32-20/h2,5,8-11,15,20,23H,3-4,6-7,12H2,1H3,(H,27,29). The second-order valence-electron chi connectivity index (χ2n) is 7.96. The number of nitrogens with one attached hydrogen (secondary N) is 1. The summed E-state index contributed by atoms with van der Waals surface area (Å²) in [6, 6.07) is 6.89. The summed E-state index contributed by atoms with van der Waals surface area (Å²) in [5.41, 5.74) is 2.82. The number of nitrogens with zero attached hydrogens (tertiary/aromatic N) is 2. The van der Waals surface area contributed by atoms with E-state index < -0.39 is 12.5 Å². The number of pyridine rings is 1. The molecule has 2 aliphatic rings. The predicted octanol–water partition coefficient (Wildman–Crippen LogP) is 3.59. The molecule has 1 saturated heterocycles. The second-order valence-corrected chi connectivity index (χ2v) is 7.96. The van der Waals surface area contributed by atoms with E-state index in [2.05, 4.69) is 10.4 Å². The van der Waals surface area contributed by atoms with Crippen molar-refractivity contribution in [3.8, 4) is 22.6 Å². The van der Waals surface area contributed by atoms with Gasteiger partial charge in [-0.1, -0.05) is 6.07 Å². The molecule has 33 heavy (non-hydrogen) atoms. The largest absolute Gasteiger partial charge is 0.496 e. The van der Waals surface area contributed by atoms with Crippen molar-refractivity contribution in [2.45, 2.75) is 31.6 Å². The number of halogens is 2. The number of methoxy groups -OCH3 is 1. The Kier molecular flexibility index (Phi) is 5.86. The molecule has 0 bridgehead atoms. The van der Waals surface area contributed by atoms with Crippen molar-refractivity contribution in [1.82, 2.24) is 14.9 Å². The Bertz CT molecular complexity index is 1170. The molecule has 1 aliphatic heterocycles. The third kappa shape index (κ3) is 4.49. The summed E-state index contributed by atoms with van der Waals surface area (Å²) in [4.78, 5) is 12.7. The van der Waals surface area contributed by atoms with Crippen LogP contribution in [0.2, 0.25) is 0 Å². The maximum Gasteiger partial charge on any atom is 0.387 e. The van der Waals surface area contributed by atoms with E-state index in [1.54, 1.807) is 16.8 Å². The van der Waals surface area contributed by atoms with Crippen LogP contribution in [0.5, 0.6) is 11.5 Å². The normalized spacial score (nSPS) is 18.5. The predicted molar refractivity (Wildman–Crippen MR) is 114 cm³/mol. The first kappa shape index (κ1) is 21.6. The van der Waals surface area contributed by atoms with Crippen molar-refractivity contribution >= 4 is 11.4 Å². The minimum atomic E-state index is -3.10. The molecule has 1 amide bonds. The Balaban J connectivity index is 1.54. The maximum absolute atomic E-state index is 13.2. The van der Waals surface area contributed by atoms with Crippen LogP contribution in [0.3, 0.4) is 0 Å². The van der Waals surface area contributed by atoms with E-state index >= 15 is 0 Å². The molecule has 1 aliphatic carbocycles. The average molecular weight is 459 g/mol. The van der Waals surface area contributed by atoms with Crippen LogP contribution in [0.4, 0.5) is 8.78 Å². The van der Waals surface area contributed by atoms with Crippen LogP contribution in [-0.4, -0.2) is 55.1 Å². The second kappa shape index (κ2) is 8.95. The van der Waals surface area contributed by atoms with Crippen molar-refractivity contribution in [1.29, 1.82) is 0 Å². The Morgan fingerprint density at radius 2 is 2.06 bits per heavy atom. The van der Waals surface area contributed by atoms with Crippen LogP contribution >= 0.6 is 0 Å². The highest BCUT2D eigenvalue weighted by molar-refractivity contribution is 6.01. The third-order valence-electron chi connectivity index (χ3n) is 5.68. The van der Waals surface area contributed by atoms with Gasteiger partial charge in [0.1, 0.15) is 23.2 Å². The van der Waals surface area contributed by atoms with E-state index in [1.807, 2.05) is 18.3 Å². The van der Waals surface area contributed by atoms with Crippen LogP contribution in [-0.2, 0) is 9.47 Å². The molecular formula is C23H23F2N3O5. The van der Waals surface area contributed by atoms with Crippen LogP contribution < -0.4 is 14.8 Å². The first-order valence-corrected chi connectivity index (χ1v) is 10.7. The summed E-state index contributed by atoms with van der Waals surface area (Å²) in [5.74, 6) is -0.609. The number of aromatic nitrogens is 2. The Labute approximate surface area is 188 Å². The fraction of sp³-hybridized carbons (Fsp3) is 0.391. The van der Waals surface area contributed by atoms with Crippen molar-refractivity contribution < 1.29 is 32.5 Å². The SMILES string of the molecule is COc1cc(-c2cnn3cc(C4COCCO4)ccc23)cc(OC(F)F)c1C(=O)NC1CC1. The van der Waals surface area contributed by atoms with Crippen LogP contribution in [0.1, 0.15) is 34.9 Å². The lowest BCUT2D eigenvalue weighted by Crippen LogP contribution is -2.26. The number of hydrogen-bond acceptors (Lipinski definition) is 6. The Morgan fingerprint density at radius 3 is 2.76 bits per heavy atom. The molecule has 2 fully saturated rings. The van der Waals surface area contributed by atoms with Crippen molar-refractivity contribution in [2.75, 3.05) is 26.9 Å². The highest BCUT2D eigenvalue weighted by atomic mass is 19.3. The van der Waals surface area contributed by atoms with Gasteiger partial charge in [-0.05, 0) is 36.6 Å². The molecule has 10 heteroatoms. The Morgan fingerprint density at radius 1 is 1.24 bits per heavy atom. The van der Waals surface area contributed by atoms with Gasteiger partial charge in [-0.3, -0.25) is 4.79 Å².